The molecule has 1 saturated carbocycles. The van der Waals surface area contributed by atoms with Crippen LogP contribution < -0.4 is 0 Å². The Balaban J connectivity index is 2.32. The fraction of sp³-hybridized carbons (Fsp3) is 0.727. The summed E-state index contributed by atoms with van der Waals surface area (Å²) in [5.41, 5.74) is -0.700. The van der Waals surface area contributed by atoms with Crippen molar-refractivity contribution in [2.45, 2.75) is 38.7 Å². The highest BCUT2D eigenvalue weighted by molar-refractivity contribution is 9.10. The van der Waals surface area contributed by atoms with E-state index in [1.165, 1.54) is 6.42 Å². The molecule has 4 heteroatoms. The number of aromatic nitrogens is 1. The zero-order valence-corrected chi connectivity index (χ0v) is 11.4. The van der Waals surface area contributed by atoms with E-state index in [4.69, 9.17) is 0 Å². The molecule has 0 aliphatic heterocycles. The second-order valence-electron chi connectivity index (χ2n) is 4.56. The largest absolute Gasteiger partial charge is 0.382 e. The number of rotatable bonds is 1. The van der Waals surface area contributed by atoms with Gasteiger partial charge in [-0.1, -0.05) is 20.3 Å². The predicted octanol–water partition coefficient (Wildman–Crippen LogP) is 3.55. The molecule has 1 aromatic heterocycles. The number of aliphatic hydroxyl groups is 1. The molecule has 84 valence electrons. The van der Waals surface area contributed by atoms with Crippen molar-refractivity contribution in [2.75, 3.05) is 0 Å². The van der Waals surface area contributed by atoms with E-state index in [2.05, 4.69) is 34.8 Å². The van der Waals surface area contributed by atoms with Crippen molar-refractivity contribution in [1.82, 2.24) is 4.98 Å². The third kappa shape index (κ3) is 1.99. The maximum absolute atomic E-state index is 10.7. The highest BCUT2D eigenvalue weighted by atomic mass is 79.9. The summed E-state index contributed by atoms with van der Waals surface area (Å²) in [6, 6.07) is 0. The van der Waals surface area contributed by atoms with Crippen molar-refractivity contribution in [3.05, 3.63) is 15.0 Å². The van der Waals surface area contributed by atoms with Crippen LogP contribution in [0.5, 0.6) is 0 Å². The van der Waals surface area contributed by atoms with E-state index in [1.807, 2.05) is 5.38 Å². The van der Waals surface area contributed by atoms with E-state index >= 15 is 0 Å². The lowest BCUT2D eigenvalue weighted by molar-refractivity contribution is -0.0690. The quantitative estimate of drug-likeness (QED) is 0.858. The van der Waals surface area contributed by atoms with Gasteiger partial charge in [0.1, 0.15) is 15.2 Å². The van der Waals surface area contributed by atoms with E-state index < -0.39 is 5.60 Å². The van der Waals surface area contributed by atoms with Gasteiger partial charge < -0.3 is 5.11 Å². The zero-order chi connectivity index (χ0) is 11.1. The topological polar surface area (TPSA) is 33.1 Å². The van der Waals surface area contributed by atoms with Gasteiger partial charge in [-0.15, -0.1) is 11.3 Å². The molecule has 1 heterocycles. The van der Waals surface area contributed by atoms with Crippen LogP contribution in [0, 0.1) is 11.8 Å². The van der Waals surface area contributed by atoms with Crippen LogP contribution in [0.1, 0.15) is 38.1 Å². The molecule has 0 saturated heterocycles. The average molecular weight is 290 g/mol. The highest BCUT2D eigenvalue weighted by Gasteiger charge is 2.43. The maximum Gasteiger partial charge on any atom is 0.126 e. The fourth-order valence-corrected chi connectivity index (χ4v) is 3.88. The van der Waals surface area contributed by atoms with E-state index in [-0.39, 0.29) is 0 Å². The third-order valence-corrected chi connectivity index (χ3v) is 5.39. The first-order valence-electron chi connectivity index (χ1n) is 5.38. The van der Waals surface area contributed by atoms with Gasteiger partial charge in [0.05, 0.1) is 0 Å². The van der Waals surface area contributed by atoms with Crippen LogP contribution in [0.3, 0.4) is 0 Å². The van der Waals surface area contributed by atoms with Crippen molar-refractivity contribution in [2.24, 2.45) is 11.8 Å². The van der Waals surface area contributed by atoms with Crippen molar-refractivity contribution >= 4 is 27.3 Å². The molecule has 0 spiro atoms. The first-order valence-corrected chi connectivity index (χ1v) is 7.05. The summed E-state index contributed by atoms with van der Waals surface area (Å²) in [7, 11) is 0. The molecule has 3 unspecified atom stereocenters. The number of thiazole rings is 1. The van der Waals surface area contributed by atoms with Crippen LogP contribution in [0.4, 0.5) is 0 Å². The first kappa shape index (κ1) is 11.6. The molecule has 2 rings (SSSR count). The Kier molecular flexibility index (Phi) is 3.20. The number of halogens is 1. The summed E-state index contributed by atoms with van der Waals surface area (Å²) in [6.45, 7) is 4.36. The van der Waals surface area contributed by atoms with Gasteiger partial charge in [0.15, 0.2) is 0 Å². The minimum Gasteiger partial charge on any atom is -0.382 e. The second kappa shape index (κ2) is 4.15. The predicted molar refractivity (Wildman–Crippen MR) is 65.9 cm³/mol. The Hall–Kier alpha value is 0.0700. The van der Waals surface area contributed by atoms with Gasteiger partial charge in [-0.3, -0.25) is 0 Å². The Labute approximate surface area is 103 Å². The van der Waals surface area contributed by atoms with Gasteiger partial charge in [-0.2, -0.15) is 0 Å². The molecule has 1 aromatic rings. The molecule has 3 atom stereocenters. The lowest BCUT2D eigenvalue weighted by Gasteiger charge is -2.40. The molecule has 2 nitrogen and oxygen atoms in total. The highest BCUT2D eigenvalue weighted by Crippen LogP contribution is 2.45. The number of hydrogen-bond donors (Lipinski definition) is 1. The van der Waals surface area contributed by atoms with Crippen LogP contribution in [-0.4, -0.2) is 10.1 Å². The molecule has 0 radical (unpaired) electrons. The average Bonchev–Trinajstić information content (AvgIpc) is 2.62. The van der Waals surface area contributed by atoms with Gasteiger partial charge in [0, 0.05) is 5.38 Å². The van der Waals surface area contributed by atoms with E-state index in [9.17, 15) is 5.11 Å². The SMILES string of the molecule is CC1CCCC(O)(c2nc(Br)cs2)C1C. The van der Waals surface area contributed by atoms with E-state index in [1.54, 1.807) is 11.3 Å². The van der Waals surface area contributed by atoms with Crippen LogP contribution in [0.25, 0.3) is 0 Å². The third-order valence-electron chi connectivity index (χ3n) is 3.67. The number of nitrogens with zero attached hydrogens (tertiary/aromatic N) is 1. The molecule has 0 amide bonds. The summed E-state index contributed by atoms with van der Waals surface area (Å²) in [6.07, 6.45) is 3.16. The van der Waals surface area contributed by atoms with Crippen LogP contribution in [-0.2, 0) is 5.60 Å². The molecule has 0 bridgehead atoms. The Morgan fingerprint density at radius 1 is 1.60 bits per heavy atom. The Morgan fingerprint density at radius 2 is 2.33 bits per heavy atom. The molecule has 1 N–H and O–H groups in total. The van der Waals surface area contributed by atoms with E-state index in [0.29, 0.717) is 11.8 Å². The molecule has 1 aliphatic rings. The van der Waals surface area contributed by atoms with Crippen LogP contribution >= 0.6 is 27.3 Å². The lowest BCUT2D eigenvalue weighted by atomic mass is 9.71. The maximum atomic E-state index is 10.7. The summed E-state index contributed by atoms with van der Waals surface area (Å²) < 4.78 is 0.835. The minimum atomic E-state index is -0.700. The van der Waals surface area contributed by atoms with Crippen molar-refractivity contribution in [3.63, 3.8) is 0 Å². The van der Waals surface area contributed by atoms with Crippen molar-refractivity contribution in [1.29, 1.82) is 0 Å². The standard InChI is InChI=1S/C11H16BrNOS/c1-7-4-3-5-11(14,8(7)2)10-13-9(12)6-15-10/h6-8,14H,3-5H2,1-2H3. The fourth-order valence-electron chi connectivity index (χ4n) is 2.40. The van der Waals surface area contributed by atoms with Crippen molar-refractivity contribution < 1.29 is 5.11 Å². The first-order chi connectivity index (χ1) is 7.04. The van der Waals surface area contributed by atoms with Crippen molar-refractivity contribution in [3.8, 4) is 0 Å². The summed E-state index contributed by atoms with van der Waals surface area (Å²) in [5.74, 6) is 0.871. The Bertz CT molecular complexity index is 354. The summed E-state index contributed by atoms with van der Waals surface area (Å²) in [4.78, 5) is 4.38. The monoisotopic (exact) mass is 289 g/mol. The molecular weight excluding hydrogens is 274 g/mol. The zero-order valence-electron chi connectivity index (χ0n) is 9.03. The van der Waals surface area contributed by atoms with Crippen LogP contribution in [0.15, 0.2) is 9.98 Å². The van der Waals surface area contributed by atoms with Gasteiger partial charge in [-0.25, -0.2) is 4.98 Å². The molecule has 15 heavy (non-hydrogen) atoms. The summed E-state index contributed by atoms with van der Waals surface area (Å²) in [5, 5.41) is 13.5. The molecule has 1 aliphatic carbocycles. The molecular formula is C11H16BrNOS. The Morgan fingerprint density at radius 3 is 2.93 bits per heavy atom. The van der Waals surface area contributed by atoms with Gasteiger partial charge >= 0.3 is 0 Å². The van der Waals surface area contributed by atoms with E-state index in [0.717, 1.165) is 22.5 Å². The lowest BCUT2D eigenvalue weighted by Crippen LogP contribution is -2.40. The molecule has 0 aromatic carbocycles. The van der Waals surface area contributed by atoms with Gasteiger partial charge in [-0.05, 0) is 40.6 Å². The minimum absolute atomic E-state index is 0.296. The molecule has 1 fully saturated rings. The van der Waals surface area contributed by atoms with Gasteiger partial charge in [0.25, 0.3) is 0 Å². The second-order valence-corrected chi connectivity index (χ2v) is 6.23. The normalized spacial score (nSPS) is 36.8. The number of hydrogen-bond acceptors (Lipinski definition) is 3. The van der Waals surface area contributed by atoms with Crippen LogP contribution in [0.2, 0.25) is 0 Å². The van der Waals surface area contributed by atoms with Gasteiger partial charge in [0.2, 0.25) is 0 Å². The summed E-state index contributed by atoms with van der Waals surface area (Å²) >= 11 is 4.90. The smallest absolute Gasteiger partial charge is 0.126 e.